The Kier molecular flexibility index (Phi) is 4.92. The van der Waals surface area contributed by atoms with Crippen LogP contribution in [0.3, 0.4) is 0 Å². The summed E-state index contributed by atoms with van der Waals surface area (Å²) < 4.78 is 13.2. The maximum Gasteiger partial charge on any atom is 0.221 e. The van der Waals surface area contributed by atoms with E-state index in [4.69, 9.17) is 0 Å². The molecule has 0 heterocycles. The zero-order chi connectivity index (χ0) is 12.0. The van der Waals surface area contributed by atoms with Crippen LogP contribution in [0.4, 0.5) is 4.39 Å². The maximum absolute atomic E-state index is 13.2. The summed E-state index contributed by atoms with van der Waals surface area (Å²) in [6.07, 6.45) is 0.435. The van der Waals surface area contributed by atoms with Gasteiger partial charge in [0.25, 0.3) is 0 Å². The van der Waals surface area contributed by atoms with Gasteiger partial charge in [-0.25, -0.2) is 4.39 Å². The van der Waals surface area contributed by atoms with E-state index in [0.717, 1.165) is 5.56 Å². The molecule has 0 aliphatic carbocycles. The Hall–Kier alpha value is -1.42. The lowest BCUT2D eigenvalue weighted by Crippen LogP contribution is -2.26. The standard InChI is InChI=1S/C12H17FN2O/c1-9-3-4-10(7-11(9)13)8-15-12(16)5-6-14-2/h3-4,7,14H,5-6,8H2,1-2H3,(H,15,16). The summed E-state index contributed by atoms with van der Waals surface area (Å²) in [5.41, 5.74) is 1.39. The van der Waals surface area contributed by atoms with E-state index in [-0.39, 0.29) is 11.7 Å². The van der Waals surface area contributed by atoms with E-state index in [1.165, 1.54) is 6.07 Å². The summed E-state index contributed by atoms with van der Waals surface area (Å²) in [5, 5.41) is 5.63. The number of carbonyl (C=O) groups excluding carboxylic acids is 1. The minimum atomic E-state index is -0.234. The predicted octanol–water partition coefficient (Wildman–Crippen LogP) is 1.36. The zero-order valence-electron chi connectivity index (χ0n) is 9.64. The summed E-state index contributed by atoms with van der Waals surface area (Å²) >= 11 is 0. The van der Waals surface area contributed by atoms with E-state index in [1.807, 2.05) is 6.07 Å². The number of hydrogen-bond donors (Lipinski definition) is 2. The Morgan fingerprint density at radius 1 is 1.44 bits per heavy atom. The van der Waals surface area contributed by atoms with Gasteiger partial charge in [-0.1, -0.05) is 12.1 Å². The Bertz CT molecular complexity index is 366. The first-order chi connectivity index (χ1) is 7.63. The molecule has 0 unspecified atom stereocenters. The van der Waals surface area contributed by atoms with E-state index < -0.39 is 0 Å². The minimum absolute atomic E-state index is 0.0321. The Labute approximate surface area is 95.0 Å². The number of benzene rings is 1. The second kappa shape index (κ2) is 6.23. The third-order valence-electron chi connectivity index (χ3n) is 2.33. The van der Waals surface area contributed by atoms with Crippen LogP contribution in [0.2, 0.25) is 0 Å². The van der Waals surface area contributed by atoms with Gasteiger partial charge in [-0.3, -0.25) is 4.79 Å². The van der Waals surface area contributed by atoms with Crippen molar-refractivity contribution < 1.29 is 9.18 Å². The van der Waals surface area contributed by atoms with Crippen LogP contribution in [-0.2, 0) is 11.3 Å². The second-order valence-corrected chi connectivity index (χ2v) is 3.71. The van der Waals surface area contributed by atoms with Gasteiger partial charge in [0.15, 0.2) is 0 Å². The van der Waals surface area contributed by atoms with Crippen molar-refractivity contribution in [1.29, 1.82) is 0 Å². The quantitative estimate of drug-likeness (QED) is 0.793. The molecule has 2 N–H and O–H groups in total. The van der Waals surface area contributed by atoms with E-state index >= 15 is 0 Å². The predicted molar refractivity (Wildman–Crippen MR) is 61.5 cm³/mol. The normalized spacial score (nSPS) is 10.2. The van der Waals surface area contributed by atoms with Gasteiger partial charge in [0.1, 0.15) is 5.82 Å². The summed E-state index contributed by atoms with van der Waals surface area (Å²) in [5.74, 6) is -0.266. The lowest BCUT2D eigenvalue weighted by molar-refractivity contribution is -0.121. The third-order valence-corrected chi connectivity index (χ3v) is 2.33. The fraction of sp³-hybridized carbons (Fsp3) is 0.417. The molecule has 0 spiro atoms. The highest BCUT2D eigenvalue weighted by Gasteiger charge is 2.02. The molecule has 0 fully saturated rings. The molecule has 16 heavy (non-hydrogen) atoms. The van der Waals surface area contributed by atoms with Crippen molar-refractivity contribution in [3.8, 4) is 0 Å². The fourth-order valence-corrected chi connectivity index (χ4v) is 1.27. The fourth-order valence-electron chi connectivity index (χ4n) is 1.27. The number of nitrogens with one attached hydrogen (secondary N) is 2. The van der Waals surface area contributed by atoms with Crippen molar-refractivity contribution in [3.05, 3.63) is 35.1 Å². The maximum atomic E-state index is 13.2. The van der Waals surface area contributed by atoms with Gasteiger partial charge in [-0.2, -0.15) is 0 Å². The van der Waals surface area contributed by atoms with Crippen molar-refractivity contribution in [1.82, 2.24) is 10.6 Å². The monoisotopic (exact) mass is 224 g/mol. The molecule has 0 radical (unpaired) electrons. The topological polar surface area (TPSA) is 41.1 Å². The van der Waals surface area contributed by atoms with Crippen LogP contribution in [0.25, 0.3) is 0 Å². The lowest BCUT2D eigenvalue weighted by Gasteiger charge is -2.06. The van der Waals surface area contributed by atoms with E-state index in [9.17, 15) is 9.18 Å². The van der Waals surface area contributed by atoms with Gasteiger partial charge in [0.2, 0.25) is 5.91 Å². The molecule has 0 atom stereocenters. The molecule has 0 aliphatic rings. The Balaban J connectivity index is 2.42. The Morgan fingerprint density at radius 3 is 2.81 bits per heavy atom. The first-order valence-electron chi connectivity index (χ1n) is 5.30. The van der Waals surface area contributed by atoms with Crippen LogP contribution in [0, 0.1) is 12.7 Å². The number of hydrogen-bond acceptors (Lipinski definition) is 2. The highest BCUT2D eigenvalue weighted by atomic mass is 19.1. The Morgan fingerprint density at radius 2 is 2.19 bits per heavy atom. The van der Waals surface area contributed by atoms with Crippen molar-refractivity contribution in [2.24, 2.45) is 0 Å². The SMILES string of the molecule is CNCCC(=O)NCc1ccc(C)c(F)c1. The third kappa shape index (κ3) is 3.98. The first-order valence-corrected chi connectivity index (χ1v) is 5.30. The van der Waals surface area contributed by atoms with Gasteiger partial charge in [-0.15, -0.1) is 0 Å². The molecule has 1 aromatic rings. The van der Waals surface area contributed by atoms with Gasteiger partial charge >= 0.3 is 0 Å². The van der Waals surface area contributed by atoms with Gasteiger partial charge < -0.3 is 10.6 Å². The lowest BCUT2D eigenvalue weighted by atomic mass is 10.1. The summed E-state index contributed by atoms with van der Waals surface area (Å²) in [7, 11) is 1.79. The number of aryl methyl sites for hydroxylation is 1. The van der Waals surface area contributed by atoms with Crippen molar-refractivity contribution in [3.63, 3.8) is 0 Å². The molecule has 0 aromatic heterocycles. The average molecular weight is 224 g/mol. The largest absolute Gasteiger partial charge is 0.352 e. The minimum Gasteiger partial charge on any atom is -0.352 e. The molecular weight excluding hydrogens is 207 g/mol. The van der Waals surface area contributed by atoms with Crippen LogP contribution in [0.5, 0.6) is 0 Å². The summed E-state index contributed by atoms with van der Waals surface area (Å²) in [6, 6.07) is 4.98. The van der Waals surface area contributed by atoms with Crippen LogP contribution >= 0.6 is 0 Å². The number of halogens is 1. The summed E-state index contributed by atoms with van der Waals surface area (Å²) in [4.78, 5) is 11.3. The number of carbonyl (C=O) groups is 1. The molecule has 4 heteroatoms. The highest BCUT2D eigenvalue weighted by Crippen LogP contribution is 2.08. The van der Waals surface area contributed by atoms with Crippen molar-refractivity contribution in [2.75, 3.05) is 13.6 Å². The molecule has 1 amide bonds. The molecule has 0 saturated carbocycles. The first kappa shape index (κ1) is 12.6. The van der Waals surface area contributed by atoms with E-state index in [2.05, 4.69) is 10.6 Å². The summed E-state index contributed by atoms with van der Waals surface area (Å²) in [6.45, 7) is 2.73. The average Bonchev–Trinajstić information content (AvgIpc) is 2.28. The smallest absolute Gasteiger partial charge is 0.221 e. The molecule has 88 valence electrons. The van der Waals surface area contributed by atoms with Crippen LogP contribution in [0.15, 0.2) is 18.2 Å². The molecular formula is C12H17FN2O. The van der Waals surface area contributed by atoms with Gasteiger partial charge in [-0.05, 0) is 31.2 Å². The zero-order valence-corrected chi connectivity index (χ0v) is 9.64. The van der Waals surface area contributed by atoms with Crippen LogP contribution in [0.1, 0.15) is 17.5 Å². The van der Waals surface area contributed by atoms with Crippen molar-refractivity contribution in [2.45, 2.75) is 19.9 Å². The molecule has 0 saturated heterocycles. The van der Waals surface area contributed by atoms with Crippen LogP contribution in [-0.4, -0.2) is 19.5 Å². The van der Waals surface area contributed by atoms with Gasteiger partial charge in [0.05, 0.1) is 0 Å². The highest BCUT2D eigenvalue weighted by molar-refractivity contribution is 5.76. The molecule has 1 rings (SSSR count). The number of rotatable bonds is 5. The molecule has 0 aliphatic heterocycles. The molecule has 3 nitrogen and oxygen atoms in total. The number of amides is 1. The van der Waals surface area contributed by atoms with Crippen molar-refractivity contribution >= 4 is 5.91 Å². The molecule has 1 aromatic carbocycles. The van der Waals surface area contributed by atoms with E-state index in [0.29, 0.717) is 25.1 Å². The van der Waals surface area contributed by atoms with Crippen LogP contribution < -0.4 is 10.6 Å². The van der Waals surface area contributed by atoms with E-state index in [1.54, 1.807) is 20.0 Å². The van der Waals surface area contributed by atoms with Gasteiger partial charge in [0, 0.05) is 19.5 Å². The second-order valence-electron chi connectivity index (χ2n) is 3.71. The molecule has 0 bridgehead atoms.